The lowest BCUT2D eigenvalue weighted by atomic mass is 9.85. The fourth-order valence-electron chi connectivity index (χ4n) is 2.46. The van der Waals surface area contributed by atoms with Gasteiger partial charge in [-0.15, -0.1) is 0 Å². The molecule has 120 valence electrons. The highest BCUT2D eigenvalue weighted by molar-refractivity contribution is 5.91. The summed E-state index contributed by atoms with van der Waals surface area (Å²) in [5.41, 5.74) is 0.814. The van der Waals surface area contributed by atoms with Crippen LogP contribution in [0.25, 0.3) is 0 Å². The molecule has 1 saturated carbocycles. The average Bonchev–Trinajstić information content (AvgIpc) is 2.43. The summed E-state index contributed by atoms with van der Waals surface area (Å²) < 4.78 is 5.40. The highest BCUT2D eigenvalue weighted by atomic mass is 16.5. The molecule has 1 aromatic carbocycles. The molecule has 5 nitrogen and oxygen atoms in total. The highest BCUT2D eigenvalue weighted by Gasteiger charge is 2.24. The standard InChI is InChI=1S/C17H24N2O3/c1-3-22-16-9-7-15(8-10-16)19(13(2)20)12-11-18-17(21)14-5-4-6-14/h7-10,14H,3-6,11-12H2,1-2H3,(H,18,21). The maximum Gasteiger partial charge on any atom is 0.223 e. The van der Waals surface area contributed by atoms with E-state index in [0.717, 1.165) is 30.7 Å². The van der Waals surface area contributed by atoms with Gasteiger partial charge in [0.25, 0.3) is 0 Å². The van der Waals surface area contributed by atoms with Crippen molar-refractivity contribution in [2.24, 2.45) is 5.92 Å². The van der Waals surface area contributed by atoms with Crippen molar-refractivity contribution in [2.75, 3.05) is 24.6 Å². The maximum absolute atomic E-state index is 11.8. The van der Waals surface area contributed by atoms with Crippen LogP contribution >= 0.6 is 0 Å². The van der Waals surface area contributed by atoms with E-state index in [1.165, 1.54) is 6.92 Å². The summed E-state index contributed by atoms with van der Waals surface area (Å²) >= 11 is 0. The zero-order valence-electron chi connectivity index (χ0n) is 13.3. The molecule has 0 aliphatic heterocycles. The van der Waals surface area contributed by atoms with E-state index in [-0.39, 0.29) is 17.7 Å². The molecule has 5 heteroatoms. The van der Waals surface area contributed by atoms with Gasteiger partial charge in [-0.1, -0.05) is 6.42 Å². The normalized spacial score (nSPS) is 14.1. The molecule has 0 spiro atoms. The molecule has 2 amide bonds. The smallest absolute Gasteiger partial charge is 0.223 e. The van der Waals surface area contributed by atoms with Crippen LogP contribution in [0.3, 0.4) is 0 Å². The number of hydrogen-bond donors (Lipinski definition) is 1. The Morgan fingerprint density at radius 2 is 1.95 bits per heavy atom. The number of carbonyl (C=O) groups is 2. The van der Waals surface area contributed by atoms with Crippen LogP contribution in [0, 0.1) is 5.92 Å². The summed E-state index contributed by atoms with van der Waals surface area (Å²) in [6.07, 6.45) is 3.12. The second-order valence-corrected chi connectivity index (χ2v) is 5.52. The number of anilines is 1. The molecule has 1 aliphatic rings. The quantitative estimate of drug-likeness (QED) is 0.841. The Hall–Kier alpha value is -2.04. The molecule has 1 aromatic rings. The first-order chi connectivity index (χ1) is 10.6. The molecule has 0 saturated heterocycles. The second kappa shape index (κ2) is 7.82. The first kappa shape index (κ1) is 16.3. The third-order valence-electron chi connectivity index (χ3n) is 3.95. The highest BCUT2D eigenvalue weighted by Crippen LogP contribution is 2.26. The molecule has 0 aromatic heterocycles. The Morgan fingerprint density at radius 3 is 2.45 bits per heavy atom. The number of carbonyl (C=O) groups excluding carboxylic acids is 2. The molecule has 0 unspecified atom stereocenters. The van der Waals surface area contributed by atoms with Crippen LogP contribution in [-0.4, -0.2) is 31.5 Å². The van der Waals surface area contributed by atoms with Crippen LogP contribution < -0.4 is 15.0 Å². The minimum atomic E-state index is -0.0398. The van der Waals surface area contributed by atoms with Gasteiger partial charge in [0.05, 0.1) is 6.61 Å². The molecular weight excluding hydrogens is 280 g/mol. The van der Waals surface area contributed by atoms with Crippen LogP contribution in [0.4, 0.5) is 5.69 Å². The number of rotatable bonds is 7. The lowest BCUT2D eigenvalue weighted by Gasteiger charge is -2.26. The minimum absolute atomic E-state index is 0.0398. The Bertz CT molecular complexity index is 509. The first-order valence-electron chi connectivity index (χ1n) is 7.90. The van der Waals surface area contributed by atoms with Crippen LogP contribution in [0.5, 0.6) is 5.75 Å². The van der Waals surface area contributed by atoms with E-state index in [1.54, 1.807) is 4.90 Å². The van der Waals surface area contributed by atoms with Gasteiger partial charge >= 0.3 is 0 Å². The maximum atomic E-state index is 11.8. The van der Waals surface area contributed by atoms with Crippen molar-refractivity contribution in [3.8, 4) is 5.75 Å². The molecule has 0 bridgehead atoms. The zero-order chi connectivity index (χ0) is 15.9. The Kier molecular flexibility index (Phi) is 5.81. The predicted octanol–water partition coefficient (Wildman–Crippen LogP) is 2.35. The zero-order valence-corrected chi connectivity index (χ0v) is 13.3. The van der Waals surface area contributed by atoms with Crippen molar-refractivity contribution in [1.82, 2.24) is 5.32 Å². The molecule has 0 heterocycles. The van der Waals surface area contributed by atoms with Crippen molar-refractivity contribution >= 4 is 17.5 Å². The van der Waals surface area contributed by atoms with E-state index in [4.69, 9.17) is 4.74 Å². The molecule has 0 atom stereocenters. The van der Waals surface area contributed by atoms with Crippen molar-refractivity contribution in [2.45, 2.75) is 33.1 Å². The number of benzene rings is 1. The molecule has 1 fully saturated rings. The van der Waals surface area contributed by atoms with Gasteiger partial charge < -0.3 is 15.0 Å². The van der Waals surface area contributed by atoms with Gasteiger partial charge in [0, 0.05) is 31.6 Å². The van der Waals surface area contributed by atoms with E-state index in [1.807, 2.05) is 31.2 Å². The van der Waals surface area contributed by atoms with Gasteiger partial charge in [-0.25, -0.2) is 0 Å². The van der Waals surface area contributed by atoms with Gasteiger partial charge in [-0.3, -0.25) is 9.59 Å². The van der Waals surface area contributed by atoms with E-state index in [0.29, 0.717) is 19.7 Å². The summed E-state index contributed by atoms with van der Waals surface area (Å²) in [5, 5.41) is 2.91. The Morgan fingerprint density at radius 1 is 1.27 bits per heavy atom. The molecule has 1 aliphatic carbocycles. The SMILES string of the molecule is CCOc1ccc(N(CCNC(=O)C2CCC2)C(C)=O)cc1. The Balaban J connectivity index is 1.88. The fourth-order valence-corrected chi connectivity index (χ4v) is 2.46. The number of amides is 2. The van der Waals surface area contributed by atoms with E-state index in [9.17, 15) is 9.59 Å². The third-order valence-corrected chi connectivity index (χ3v) is 3.95. The van der Waals surface area contributed by atoms with Crippen LogP contribution in [0.15, 0.2) is 24.3 Å². The molecule has 1 N–H and O–H groups in total. The predicted molar refractivity (Wildman–Crippen MR) is 86.0 cm³/mol. The van der Waals surface area contributed by atoms with Crippen molar-refractivity contribution in [3.05, 3.63) is 24.3 Å². The number of nitrogens with one attached hydrogen (secondary N) is 1. The third kappa shape index (κ3) is 4.23. The van der Waals surface area contributed by atoms with Crippen LogP contribution in [0.1, 0.15) is 33.1 Å². The molecular formula is C17H24N2O3. The number of nitrogens with zero attached hydrogens (tertiary/aromatic N) is 1. The number of ether oxygens (including phenoxy) is 1. The van der Waals surface area contributed by atoms with Crippen molar-refractivity contribution in [1.29, 1.82) is 0 Å². The lowest BCUT2D eigenvalue weighted by Crippen LogP contribution is -2.41. The summed E-state index contributed by atoms with van der Waals surface area (Å²) in [7, 11) is 0. The summed E-state index contributed by atoms with van der Waals surface area (Å²) in [6, 6.07) is 7.42. The van der Waals surface area contributed by atoms with E-state index >= 15 is 0 Å². The average molecular weight is 304 g/mol. The summed E-state index contributed by atoms with van der Waals surface area (Å²) in [5.74, 6) is 1.03. The molecule has 2 rings (SSSR count). The fraction of sp³-hybridized carbons (Fsp3) is 0.529. The molecule has 22 heavy (non-hydrogen) atoms. The van der Waals surface area contributed by atoms with Gasteiger partial charge in [-0.2, -0.15) is 0 Å². The van der Waals surface area contributed by atoms with E-state index in [2.05, 4.69) is 5.32 Å². The van der Waals surface area contributed by atoms with Crippen molar-refractivity contribution < 1.29 is 14.3 Å². The van der Waals surface area contributed by atoms with Gasteiger partial charge in [0.15, 0.2) is 0 Å². The van der Waals surface area contributed by atoms with E-state index < -0.39 is 0 Å². The minimum Gasteiger partial charge on any atom is -0.494 e. The van der Waals surface area contributed by atoms with Gasteiger partial charge in [0.2, 0.25) is 11.8 Å². The first-order valence-corrected chi connectivity index (χ1v) is 7.90. The van der Waals surface area contributed by atoms with Gasteiger partial charge in [0.1, 0.15) is 5.75 Å². The monoisotopic (exact) mass is 304 g/mol. The topological polar surface area (TPSA) is 58.6 Å². The van der Waals surface area contributed by atoms with Crippen LogP contribution in [0.2, 0.25) is 0 Å². The Labute approximate surface area is 131 Å². The second-order valence-electron chi connectivity index (χ2n) is 5.52. The molecule has 0 radical (unpaired) electrons. The summed E-state index contributed by atoms with van der Waals surface area (Å²) in [4.78, 5) is 25.3. The van der Waals surface area contributed by atoms with Crippen LogP contribution in [-0.2, 0) is 9.59 Å². The largest absolute Gasteiger partial charge is 0.494 e. The number of hydrogen-bond acceptors (Lipinski definition) is 3. The van der Waals surface area contributed by atoms with Gasteiger partial charge in [-0.05, 0) is 44.0 Å². The lowest BCUT2D eigenvalue weighted by molar-refractivity contribution is -0.127. The summed E-state index contributed by atoms with van der Waals surface area (Å²) in [6.45, 7) is 5.03. The van der Waals surface area contributed by atoms with Crippen molar-refractivity contribution in [3.63, 3.8) is 0 Å².